The van der Waals surface area contributed by atoms with E-state index < -0.39 is 34.9 Å². The van der Waals surface area contributed by atoms with Crippen molar-refractivity contribution in [1.29, 1.82) is 0 Å². The van der Waals surface area contributed by atoms with Crippen molar-refractivity contribution in [2.24, 2.45) is 0 Å². The zero-order chi connectivity index (χ0) is 11.8. The van der Waals surface area contributed by atoms with E-state index in [0.29, 0.717) is 0 Å². The molecule has 1 N–H and O–H groups in total. The van der Waals surface area contributed by atoms with Gasteiger partial charge < -0.3 is 0 Å². The van der Waals surface area contributed by atoms with Crippen molar-refractivity contribution in [2.75, 3.05) is 0 Å². The quantitative estimate of drug-likeness (QED) is 0.591. The molecule has 84 valence electrons. The van der Waals surface area contributed by atoms with Crippen LogP contribution in [0.25, 0.3) is 0 Å². The Morgan fingerprint density at radius 3 is 2.33 bits per heavy atom. The lowest BCUT2D eigenvalue weighted by molar-refractivity contribution is -0.142. The summed E-state index contributed by atoms with van der Waals surface area (Å²) in [7, 11) is 0. The smallest absolute Gasteiger partial charge is 0.295 e. The fourth-order valence-electron chi connectivity index (χ4n) is 0.844. The van der Waals surface area contributed by atoms with Crippen molar-refractivity contribution in [2.45, 2.75) is 12.7 Å². The number of halogens is 5. The topological polar surface area (TPSA) is 54.9 Å². The first-order valence-electron chi connectivity index (χ1n) is 3.47. The largest absolute Gasteiger partial charge is 0.406 e. The van der Waals surface area contributed by atoms with E-state index in [1.807, 2.05) is 0 Å². The molecule has 0 radical (unpaired) electrons. The lowest BCUT2D eigenvalue weighted by Gasteiger charge is -2.07. The SMILES string of the molecule is O=c1[nH]c(Cl)c(F)c(=O)n1CC(F)(F)F. The van der Waals surface area contributed by atoms with Crippen LogP contribution in [-0.2, 0) is 6.54 Å². The zero-order valence-corrected chi connectivity index (χ0v) is 7.62. The van der Waals surface area contributed by atoms with Crippen LogP contribution >= 0.6 is 11.6 Å². The summed E-state index contributed by atoms with van der Waals surface area (Å²) < 4.78 is 48.0. The Labute approximate surface area is 84.1 Å². The highest BCUT2D eigenvalue weighted by Crippen LogP contribution is 2.15. The van der Waals surface area contributed by atoms with Crippen LogP contribution in [0.2, 0.25) is 5.15 Å². The summed E-state index contributed by atoms with van der Waals surface area (Å²) in [5.74, 6) is -1.62. The first kappa shape index (κ1) is 11.8. The fraction of sp³-hybridized carbons (Fsp3) is 0.333. The van der Waals surface area contributed by atoms with Crippen LogP contribution in [0.4, 0.5) is 17.6 Å². The predicted molar refractivity (Wildman–Crippen MR) is 42.3 cm³/mol. The fourth-order valence-corrected chi connectivity index (χ4v) is 1.01. The summed E-state index contributed by atoms with van der Waals surface area (Å²) in [5.41, 5.74) is -3.12. The van der Waals surface area contributed by atoms with E-state index in [1.165, 1.54) is 0 Å². The van der Waals surface area contributed by atoms with E-state index in [9.17, 15) is 27.2 Å². The van der Waals surface area contributed by atoms with Crippen molar-refractivity contribution in [3.05, 3.63) is 31.8 Å². The first-order valence-corrected chi connectivity index (χ1v) is 3.85. The van der Waals surface area contributed by atoms with Crippen LogP contribution in [0.15, 0.2) is 9.59 Å². The second kappa shape index (κ2) is 3.69. The summed E-state index contributed by atoms with van der Waals surface area (Å²) in [6.45, 7) is -1.87. The zero-order valence-electron chi connectivity index (χ0n) is 6.86. The Bertz CT molecular complexity index is 489. The van der Waals surface area contributed by atoms with Crippen LogP contribution < -0.4 is 11.2 Å². The predicted octanol–water partition coefficient (Wildman–Crippen LogP) is 0.891. The van der Waals surface area contributed by atoms with Crippen molar-refractivity contribution >= 4 is 11.6 Å². The molecule has 15 heavy (non-hydrogen) atoms. The summed E-state index contributed by atoms with van der Waals surface area (Å²) in [4.78, 5) is 23.3. The van der Waals surface area contributed by atoms with Crippen molar-refractivity contribution < 1.29 is 17.6 Å². The highest BCUT2D eigenvalue weighted by Gasteiger charge is 2.30. The molecule has 1 aromatic rings. The van der Waals surface area contributed by atoms with Gasteiger partial charge in [-0.15, -0.1) is 0 Å². The van der Waals surface area contributed by atoms with Crippen molar-refractivity contribution in [1.82, 2.24) is 9.55 Å². The number of rotatable bonds is 1. The Hall–Kier alpha value is -1.31. The highest BCUT2D eigenvalue weighted by molar-refractivity contribution is 6.29. The number of aromatic nitrogens is 2. The molecule has 0 aromatic carbocycles. The highest BCUT2D eigenvalue weighted by atomic mass is 35.5. The molecule has 9 heteroatoms. The number of hydrogen-bond donors (Lipinski definition) is 1. The van der Waals surface area contributed by atoms with Crippen molar-refractivity contribution in [3.63, 3.8) is 0 Å². The maximum Gasteiger partial charge on any atom is 0.406 e. The number of aromatic amines is 1. The monoisotopic (exact) mass is 246 g/mol. The second-order valence-electron chi connectivity index (χ2n) is 2.56. The molecule has 4 nitrogen and oxygen atoms in total. The minimum absolute atomic E-state index is 0.318. The van der Waals surface area contributed by atoms with Gasteiger partial charge in [-0.05, 0) is 0 Å². The van der Waals surface area contributed by atoms with Gasteiger partial charge in [0, 0.05) is 0 Å². The normalized spacial score (nSPS) is 11.8. The molecule has 0 saturated carbocycles. The molecule has 0 amide bonds. The molecular formula is C6H3ClF4N2O2. The number of alkyl halides is 3. The molecule has 0 fully saturated rings. The van der Waals surface area contributed by atoms with E-state index in [-0.39, 0.29) is 4.57 Å². The Balaban J connectivity index is 3.38. The van der Waals surface area contributed by atoms with Gasteiger partial charge >= 0.3 is 11.9 Å². The van der Waals surface area contributed by atoms with Gasteiger partial charge in [0.25, 0.3) is 5.56 Å². The maximum atomic E-state index is 12.7. The molecule has 0 atom stereocenters. The third-order valence-electron chi connectivity index (χ3n) is 1.42. The van der Waals surface area contributed by atoms with Crippen LogP contribution in [0.3, 0.4) is 0 Å². The van der Waals surface area contributed by atoms with Gasteiger partial charge in [-0.2, -0.15) is 17.6 Å². The lowest BCUT2D eigenvalue weighted by atomic mass is 10.5. The van der Waals surface area contributed by atoms with E-state index >= 15 is 0 Å². The van der Waals surface area contributed by atoms with Crippen LogP contribution in [0.5, 0.6) is 0 Å². The minimum atomic E-state index is -4.79. The van der Waals surface area contributed by atoms with Crippen LogP contribution in [0.1, 0.15) is 0 Å². The standard InChI is InChI=1S/C6H3ClF4N2O2/c7-3-2(8)4(14)13(5(15)12-3)1-6(9,10)11/h1H2,(H,12,15). The molecular weight excluding hydrogens is 244 g/mol. The number of nitrogens with one attached hydrogen (secondary N) is 1. The molecule has 0 saturated heterocycles. The first-order chi connectivity index (χ1) is 6.72. The Morgan fingerprint density at radius 1 is 1.33 bits per heavy atom. The number of nitrogens with zero attached hydrogens (tertiary/aromatic N) is 1. The van der Waals surface area contributed by atoms with E-state index in [0.717, 1.165) is 0 Å². The van der Waals surface area contributed by atoms with E-state index in [1.54, 1.807) is 4.98 Å². The van der Waals surface area contributed by atoms with E-state index in [4.69, 9.17) is 11.6 Å². The summed E-state index contributed by atoms with van der Waals surface area (Å²) in [5, 5.41) is -0.913. The molecule has 0 spiro atoms. The van der Waals surface area contributed by atoms with Gasteiger partial charge in [-0.1, -0.05) is 11.6 Å². The van der Waals surface area contributed by atoms with Gasteiger partial charge in [0.15, 0.2) is 5.15 Å². The summed E-state index contributed by atoms with van der Waals surface area (Å²) in [6, 6.07) is 0. The Morgan fingerprint density at radius 2 is 1.87 bits per heavy atom. The molecule has 0 unspecified atom stereocenters. The second-order valence-corrected chi connectivity index (χ2v) is 2.94. The lowest BCUT2D eigenvalue weighted by Crippen LogP contribution is -2.41. The maximum absolute atomic E-state index is 12.7. The molecule has 0 aliphatic rings. The van der Waals surface area contributed by atoms with Crippen molar-refractivity contribution in [3.8, 4) is 0 Å². The summed E-state index contributed by atoms with van der Waals surface area (Å²) >= 11 is 5.04. The van der Waals surface area contributed by atoms with Gasteiger partial charge in [-0.3, -0.25) is 9.78 Å². The number of H-pyrrole nitrogens is 1. The molecule has 1 heterocycles. The minimum Gasteiger partial charge on any atom is -0.295 e. The third-order valence-corrected chi connectivity index (χ3v) is 1.69. The molecule has 0 aliphatic heterocycles. The van der Waals surface area contributed by atoms with Gasteiger partial charge in [0.2, 0.25) is 5.82 Å². The van der Waals surface area contributed by atoms with Gasteiger partial charge in [0.05, 0.1) is 0 Å². The van der Waals surface area contributed by atoms with Gasteiger partial charge in [-0.25, -0.2) is 9.36 Å². The molecule has 0 bridgehead atoms. The number of hydrogen-bond acceptors (Lipinski definition) is 2. The Kier molecular flexibility index (Phi) is 2.89. The van der Waals surface area contributed by atoms with Crippen LogP contribution in [-0.4, -0.2) is 15.7 Å². The molecule has 1 rings (SSSR count). The van der Waals surface area contributed by atoms with Gasteiger partial charge in [0.1, 0.15) is 6.54 Å². The van der Waals surface area contributed by atoms with Crippen LogP contribution in [0, 0.1) is 5.82 Å². The van der Waals surface area contributed by atoms with E-state index in [2.05, 4.69) is 0 Å². The molecule has 1 aromatic heterocycles. The summed E-state index contributed by atoms with van der Waals surface area (Å²) in [6.07, 6.45) is -4.79. The average Bonchev–Trinajstić information content (AvgIpc) is 2.07. The average molecular weight is 247 g/mol. The molecule has 0 aliphatic carbocycles. The third kappa shape index (κ3) is 2.58.